The molecule has 0 aromatic heterocycles. The Morgan fingerprint density at radius 1 is 1.17 bits per heavy atom. The summed E-state index contributed by atoms with van der Waals surface area (Å²) in [6, 6.07) is 0. The van der Waals surface area contributed by atoms with Gasteiger partial charge >= 0.3 is 0 Å². The van der Waals surface area contributed by atoms with Gasteiger partial charge in [-0.1, -0.05) is 26.7 Å². The summed E-state index contributed by atoms with van der Waals surface area (Å²) < 4.78 is 0. The van der Waals surface area contributed by atoms with Crippen molar-refractivity contribution in [2.75, 3.05) is 0 Å². The summed E-state index contributed by atoms with van der Waals surface area (Å²) in [5, 5.41) is 18.6. The van der Waals surface area contributed by atoms with Crippen molar-refractivity contribution in [1.82, 2.24) is 0 Å². The van der Waals surface area contributed by atoms with Crippen LogP contribution >= 0.6 is 0 Å². The summed E-state index contributed by atoms with van der Waals surface area (Å²) >= 11 is 0. The van der Waals surface area contributed by atoms with Crippen molar-refractivity contribution in [1.29, 1.82) is 0 Å². The minimum Gasteiger partial charge on any atom is -0.393 e. The Morgan fingerprint density at radius 3 is 2.17 bits per heavy atom. The van der Waals surface area contributed by atoms with Crippen LogP contribution in [0.2, 0.25) is 0 Å². The number of unbranched alkanes of at least 4 members (excludes halogenated alkanes) is 1. The molecule has 3 atom stereocenters. The highest BCUT2D eigenvalue weighted by molar-refractivity contribution is 4.66. The van der Waals surface area contributed by atoms with Crippen molar-refractivity contribution in [2.45, 2.75) is 58.7 Å². The van der Waals surface area contributed by atoms with Gasteiger partial charge in [-0.2, -0.15) is 0 Å². The summed E-state index contributed by atoms with van der Waals surface area (Å²) in [6.45, 7) is 5.91. The summed E-state index contributed by atoms with van der Waals surface area (Å²) in [7, 11) is 0. The fourth-order valence-electron chi connectivity index (χ4n) is 1.30. The Morgan fingerprint density at radius 2 is 1.75 bits per heavy atom. The van der Waals surface area contributed by atoms with E-state index in [-0.39, 0.29) is 12.2 Å². The Balaban J connectivity index is 3.53. The van der Waals surface area contributed by atoms with Gasteiger partial charge in [0, 0.05) is 0 Å². The van der Waals surface area contributed by atoms with Crippen molar-refractivity contribution in [3.63, 3.8) is 0 Å². The molecule has 0 aliphatic heterocycles. The fourth-order valence-corrected chi connectivity index (χ4v) is 1.30. The number of hydrogen-bond acceptors (Lipinski definition) is 2. The van der Waals surface area contributed by atoms with Crippen molar-refractivity contribution >= 4 is 0 Å². The van der Waals surface area contributed by atoms with Crippen molar-refractivity contribution in [2.24, 2.45) is 5.92 Å². The molecule has 0 amide bonds. The minimum absolute atomic E-state index is 0.319. The number of rotatable bonds is 6. The van der Waals surface area contributed by atoms with E-state index >= 15 is 0 Å². The van der Waals surface area contributed by atoms with Gasteiger partial charge in [0.05, 0.1) is 12.2 Å². The predicted octanol–water partition coefficient (Wildman–Crippen LogP) is 1.94. The van der Waals surface area contributed by atoms with E-state index in [2.05, 4.69) is 6.92 Å². The lowest BCUT2D eigenvalue weighted by Gasteiger charge is -2.19. The van der Waals surface area contributed by atoms with E-state index < -0.39 is 0 Å². The molecule has 0 aliphatic carbocycles. The zero-order valence-corrected chi connectivity index (χ0v) is 8.45. The van der Waals surface area contributed by atoms with Crippen LogP contribution in [0.25, 0.3) is 0 Å². The maximum Gasteiger partial charge on any atom is 0.0590 e. The average Bonchev–Trinajstić information content (AvgIpc) is 1.98. The van der Waals surface area contributed by atoms with Crippen LogP contribution in [0.4, 0.5) is 0 Å². The van der Waals surface area contributed by atoms with E-state index in [0.29, 0.717) is 12.3 Å². The number of aliphatic hydroxyl groups is 2. The maximum atomic E-state index is 9.55. The van der Waals surface area contributed by atoms with Crippen LogP contribution in [0, 0.1) is 5.92 Å². The summed E-state index contributed by atoms with van der Waals surface area (Å²) in [5.41, 5.74) is 0. The second-order valence-corrected chi connectivity index (χ2v) is 3.77. The first-order valence-corrected chi connectivity index (χ1v) is 4.94. The van der Waals surface area contributed by atoms with Gasteiger partial charge in [-0.25, -0.2) is 0 Å². The highest BCUT2D eigenvalue weighted by Crippen LogP contribution is 2.15. The minimum atomic E-state index is -0.385. The second kappa shape index (κ2) is 6.44. The van der Waals surface area contributed by atoms with Crippen LogP contribution in [-0.4, -0.2) is 22.4 Å². The first kappa shape index (κ1) is 11.9. The predicted molar refractivity (Wildman–Crippen MR) is 51.0 cm³/mol. The monoisotopic (exact) mass is 174 g/mol. The van der Waals surface area contributed by atoms with Gasteiger partial charge < -0.3 is 10.2 Å². The van der Waals surface area contributed by atoms with Gasteiger partial charge in [-0.05, 0) is 25.7 Å². The van der Waals surface area contributed by atoms with Gasteiger partial charge in [0.25, 0.3) is 0 Å². The molecule has 0 saturated carbocycles. The smallest absolute Gasteiger partial charge is 0.0590 e. The van der Waals surface area contributed by atoms with E-state index in [1.165, 1.54) is 6.42 Å². The summed E-state index contributed by atoms with van der Waals surface area (Å²) in [6.07, 6.45) is 3.18. The fraction of sp³-hybridized carbons (Fsp3) is 1.00. The largest absolute Gasteiger partial charge is 0.393 e. The Kier molecular flexibility index (Phi) is 6.39. The molecule has 0 radical (unpaired) electrons. The third-order valence-corrected chi connectivity index (χ3v) is 2.25. The van der Waals surface area contributed by atoms with E-state index in [1.807, 2.05) is 6.92 Å². The SMILES string of the molecule is CCCCC(C)C(O)CC(C)O. The van der Waals surface area contributed by atoms with Crippen molar-refractivity contribution in [3.8, 4) is 0 Å². The first-order valence-electron chi connectivity index (χ1n) is 4.94. The number of aliphatic hydroxyl groups excluding tert-OH is 2. The molecule has 2 nitrogen and oxygen atoms in total. The molecule has 3 unspecified atom stereocenters. The van der Waals surface area contributed by atoms with Crippen LogP contribution in [0.1, 0.15) is 46.5 Å². The van der Waals surface area contributed by atoms with Crippen LogP contribution in [0.15, 0.2) is 0 Å². The second-order valence-electron chi connectivity index (χ2n) is 3.77. The van der Waals surface area contributed by atoms with Crippen molar-refractivity contribution < 1.29 is 10.2 Å². The molecule has 0 bridgehead atoms. The highest BCUT2D eigenvalue weighted by Gasteiger charge is 2.15. The maximum absolute atomic E-state index is 9.55. The van der Waals surface area contributed by atoms with Crippen LogP contribution < -0.4 is 0 Å². The van der Waals surface area contributed by atoms with Gasteiger partial charge in [0.1, 0.15) is 0 Å². The van der Waals surface area contributed by atoms with Crippen LogP contribution in [-0.2, 0) is 0 Å². The summed E-state index contributed by atoms with van der Waals surface area (Å²) in [5.74, 6) is 0.319. The molecule has 0 heterocycles. The van der Waals surface area contributed by atoms with Gasteiger partial charge in [-0.15, -0.1) is 0 Å². The molecule has 0 saturated heterocycles. The normalized spacial score (nSPS) is 18.8. The zero-order valence-electron chi connectivity index (χ0n) is 8.45. The average molecular weight is 174 g/mol. The molecule has 0 aromatic rings. The highest BCUT2D eigenvalue weighted by atomic mass is 16.3. The Hall–Kier alpha value is -0.0800. The third-order valence-electron chi connectivity index (χ3n) is 2.25. The Labute approximate surface area is 75.6 Å². The van der Waals surface area contributed by atoms with E-state index in [4.69, 9.17) is 5.11 Å². The van der Waals surface area contributed by atoms with Gasteiger partial charge in [0.15, 0.2) is 0 Å². The van der Waals surface area contributed by atoms with Gasteiger partial charge in [-0.3, -0.25) is 0 Å². The molecule has 74 valence electrons. The molecule has 0 rings (SSSR count). The van der Waals surface area contributed by atoms with Crippen LogP contribution in [0.5, 0.6) is 0 Å². The molecule has 0 spiro atoms. The molecular formula is C10H22O2. The Bertz CT molecular complexity index is 102. The zero-order chi connectivity index (χ0) is 9.56. The van der Waals surface area contributed by atoms with E-state index in [0.717, 1.165) is 12.8 Å². The van der Waals surface area contributed by atoms with Crippen molar-refractivity contribution in [3.05, 3.63) is 0 Å². The lowest BCUT2D eigenvalue weighted by atomic mass is 9.94. The third kappa shape index (κ3) is 5.56. The molecule has 12 heavy (non-hydrogen) atoms. The molecule has 0 aromatic carbocycles. The topological polar surface area (TPSA) is 40.5 Å². The lowest BCUT2D eigenvalue weighted by molar-refractivity contribution is 0.0525. The van der Waals surface area contributed by atoms with Gasteiger partial charge in [0.2, 0.25) is 0 Å². The first-order chi connectivity index (χ1) is 5.57. The summed E-state index contributed by atoms with van der Waals surface area (Å²) in [4.78, 5) is 0. The van der Waals surface area contributed by atoms with E-state index in [9.17, 15) is 5.11 Å². The molecule has 0 aliphatic rings. The van der Waals surface area contributed by atoms with Crippen LogP contribution in [0.3, 0.4) is 0 Å². The molecule has 2 heteroatoms. The lowest BCUT2D eigenvalue weighted by Crippen LogP contribution is -2.22. The molecular weight excluding hydrogens is 152 g/mol. The standard InChI is InChI=1S/C10H22O2/c1-4-5-6-8(2)10(12)7-9(3)11/h8-12H,4-7H2,1-3H3. The van der Waals surface area contributed by atoms with E-state index in [1.54, 1.807) is 6.92 Å². The number of hydrogen-bond donors (Lipinski definition) is 2. The molecule has 2 N–H and O–H groups in total. The quantitative estimate of drug-likeness (QED) is 0.646. The molecule has 0 fully saturated rings.